The van der Waals surface area contributed by atoms with E-state index >= 15 is 0 Å². The number of halogens is 1. The fourth-order valence-corrected chi connectivity index (χ4v) is 5.05. The Hall–Kier alpha value is -2.26. The second kappa shape index (κ2) is 7.77. The molecule has 0 unspecified atom stereocenters. The van der Waals surface area contributed by atoms with Gasteiger partial charge in [-0.3, -0.25) is 18.7 Å². The predicted molar refractivity (Wildman–Crippen MR) is 116 cm³/mol. The first kappa shape index (κ1) is 21.0. The first-order valence-electron chi connectivity index (χ1n) is 9.53. The standard InChI is InChI=1S/C21H21ClN2O5S/c1-21(2)9-14-16(11-29-21)30-19-17(14)18(27)23(7-8-25)20(28)24(19)10-15(26)12-3-5-13(22)6-4-12/h3-6,25H,7-11H2,1-2H3. The minimum absolute atomic E-state index is 0.132. The van der Waals surface area contributed by atoms with Gasteiger partial charge in [-0.2, -0.15) is 0 Å². The summed E-state index contributed by atoms with van der Waals surface area (Å²) in [4.78, 5) is 40.4. The van der Waals surface area contributed by atoms with Gasteiger partial charge in [0.15, 0.2) is 5.78 Å². The maximum atomic E-state index is 13.1. The van der Waals surface area contributed by atoms with Gasteiger partial charge in [-0.25, -0.2) is 4.79 Å². The minimum Gasteiger partial charge on any atom is -0.395 e. The molecule has 7 nitrogen and oxygen atoms in total. The van der Waals surface area contributed by atoms with Crippen molar-refractivity contribution in [2.45, 2.75) is 45.6 Å². The second-order valence-electron chi connectivity index (χ2n) is 7.89. The molecule has 1 aliphatic heterocycles. The van der Waals surface area contributed by atoms with Crippen molar-refractivity contribution in [3.63, 3.8) is 0 Å². The van der Waals surface area contributed by atoms with Gasteiger partial charge < -0.3 is 9.84 Å². The van der Waals surface area contributed by atoms with E-state index in [2.05, 4.69) is 0 Å². The number of ether oxygens (including phenoxy) is 1. The highest BCUT2D eigenvalue weighted by atomic mass is 35.5. The molecule has 0 spiro atoms. The number of rotatable bonds is 5. The number of nitrogens with zero attached hydrogens (tertiary/aromatic N) is 2. The number of aliphatic hydroxyl groups is 1. The highest BCUT2D eigenvalue weighted by molar-refractivity contribution is 7.18. The first-order valence-corrected chi connectivity index (χ1v) is 10.7. The zero-order chi connectivity index (χ0) is 21.6. The van der Waals surface area contributed by atoms with Crippen LogP contribution in [0.2, 0.25) is 5.02 Å². The third kappa shape index (κ3) is 3.65. The van der Waals surface area contributed by atoms with Gasteiger partial charge in [0.25, 0.3) is 5.56 Å². The average molecular weight is 449 g/mol. The molecule has 0 radical (unpaired) electrons. The number of hydrogen-bond donors (Lipinski definition) is 1. The van der Waals surface area contributed by atoms with Crippen LogP contribution in [-0.2, 0) is 30.9 Å². The van der Waals surface area contributed by atoms with Crippen LogP contribution in [0.3, 0.4) is 0 Å². The van der Waals surface area contributed by atoms with Gasteiger partial charge in [0, 0.05) is 21.9 Å². The normalized spacial score (nSPS) is 15.3. The zero-order valence-electron chi connectivity index (χ0n) is 16.6. The van der Waals surface area contributed by atoms with Crippen molar-refractivity contribution >= 4 is 38.9 Å². The summed E-state index contributed by atoms with van der Waals surface area (Å²) in [6.45, 7) is 3.55. The molecule has 2 aromatic heterocycles. The number of hydrogen-bond acceptors (Lipinski definition) is 6. The Labute approximate surface area is 181 Å². The largest absolute Gasteiger partial charge is 0.395 e. The summed E-state index contributed by atoms with van der Waals surface area (Å²) in [5, 5.41) is 10.3. The molecule has 1 aromatic carbocycles. The molecule has 0 bridgehead atoms. The molecule has 9 heteroatoms. The topological polar surface area (TPSA) is 90.5 Å². The molecule has 0 aliphatic carbocycles. The lowest BCUT2D eigenvalue weighted by molar-refractivity contribution is -0.0379. The molecule has 0 saturated carbocycles. The molecule has 3 aromatic rings. The molecule has 0 amide bonds. The van der Waals surface area contributed by atoms with E-state index in [1.54, 1.807) is 24.3 Å². The first-order chi connectivity index (χ1) is 14.2. The summed E-state index contributed by atoms with van der Waals surface area (Å²) in [6, 6.07) is 6.44. The lowest BCUT2D eigenvalue weighted by Crippen LogP contribution is -2.42. The molecule has 30 heavy (non-hydrogen) atoms. The van der Waals surface area contributed by atoms with Crippen molar-refractivity contribution in [1.29, 1.82) is 0 Å². The van der Waals surface area contributed by atoms with E-state index in [4.69, 9.17) is 16.3 Å². The lowest BCUT2D eigenvalue weighted by atomic mass is 9.94. The van der Waals surface area contributed by atoms with Crippen LogP contribution in [0.4, 0.5) is 0 Å². The van der Waals surface area contributed by atoms with E-state index in [0.29, 0.717) is 33.8 Å². The summed E-state index contributed by atoms with van der Waals surface area (Å²) in [6.07, 6.45) is 0.528. The van der Waals surface area contributed by atoms with Crippen molar-refractivity contribution in [1.82, 2.24) is 9.13 Å². The van der Waals surface area contributed by atoms with Crippen LogP contribution in [-0.4, -0.2) is 32.2 Å². The predicted octanol–water partition coefficient (Wildman–Crippen LogP) is 2.60. The van der Waals surface area contributed by atoms with Crippen LogP contribution in [0, 0.1) is 0 Å². The van der Waals surface area contributed by atoms with E-state index in [1.807, 2.05) is 13.8 Å². The number of fused-ring (bicyclic) bond motifs is 3. The summed E-state index contributed by atoms with van der Waals surface area (Å²) in [7, 11) is 0. The smallest absolute Gasteiger partial charge is 0.332 e. The molecule has 1 aliphatic rings. The highest BCUT2D eigenvalue weighted by Gasteiger charge is 2.32. The molecule has 0 fully saturated rings. The SMILES string of the molecule is CC1(C)Cc2c(sc3c2c(=O)n(CCO)c(=O)n3CC(=O)c2ccc(Cl)cc2)CO1. The number of aromatic nitrogens is 2. The fourth-order valence-electron chi connectivity index (χ4n) is 3.71. The number of aliphatic hydroxyl groups excluding tert-OH is 1. The molecular weight excluding hydrogens is 428 g/mol. The Morgan fingerprint density at radius 3 is 2.60 bits per heavy atom. The fraction of sp³-hybridized carbons (Fsp3) is 0.381. The van der Waals surface area contributed by atoms with Crippen molar-refractivity contribution < 1.29 is 14.6 Å². The second-order valence-corrected chi connectivity index (χ2v) is 9.41. The Bertz CT molecular complexity index is 1250. The monoisotopic (exact) mass is 448 g/mol. The highest BCUT2D eigenvalue weighted by Crippen LogP contribution is 2.37. The van der Waals surface area contributed by atoms with Gasteiger partial charge in [0.1, 0.15) is 4.83 Å². The van der Waals surface area contributed by atoms with Crippen LogP contribution in [0.1, 0.15) is 34.6 Å². The van der Waals surface area contributed by atoms with E-state index < -0.39 is 16.9 Å². The van der Waals surface area contributed by atoms with Gasteiger partial charge in [-0.15, -0.1) is 11.3 Å². The van der Waals surface area contributed by atoms with Crippen LogP contribution >= 0.6 is 22.9 Å². The Kier molecular flexibility index (Phi) is 5.44. The third-order valence-electron chi connectivity index (χ3n) is 5.23. The van der Waals surface area contributed by atoms with Crippen LogP contribution < -0.4 is 11.2 Å². The molecule has 1 N–H and O–H groups in total. The van der Waals surface area contributed by atoms with Gasteiger partial charge in [-0.05, 0) is 43.7 Å². The van der Waals surface area contributed by atoms with E-state index in [9.17, 15) is 19.5 Å². The Morgan fingerprint density at radius 1 is 1.23 bits per heavy atom. The van der Waals surface area contributed by atoms with Gasteiger partial charge in [0.05, 0.1) is 37.3 Å². The van der Waals surface area contributed by atoms with E-state index in [0.717, 1.165) is 15.0 Å². The Morgan fingerprint density at radius 2 is 1.93 bits per heavy atom. The maximum absolute atomic E-state index is 13.1. The Balaban J connectivity index is 1.91. The number of Topliss-reactive ketones (excluding diaryl/α,β-unsaturated/α-hetero) is 1. The van der Waals surface area contributed by atoms with E-state index in [-0.39, 0.29) is 25.5 Å². The molecular formula is C21H21ClN2O5S. The van der Waals surface area contributed by atoms with Gasteiger partial charge in [-0.1, -0.05) is 11.6 Å². The summed E-state index contributed by atoms with van der Waals surface area (Å²) < 4.78 is 8.20. The molecule has 3 heterocycles. The van der Waals surface area contributed by atoms with E-state index in [1.165, 1.54) is 15.9 Å². The average Bonchev–Trinajstić information content (AvgIpc) is 3.06. The van der Waals surface area contributed by atoms with Gasteiger partial charge in [0.2, 0.25) is 0 Å². The van der Waals surface area contributed by atoms with Gasteiger partial charge >= 0.3 is 5.69 Å². The quantitative estimate of drug-likeness (QED) is 0.606. The molecule has 0 saturated heterocycles. The van der Waals surface area contributed by atoms with Crippen LogP contribution in [0.25, 0.3) is 10.2 Å². The van der Waals surface area contributed by atoms with Crippen molar-refractivity contribution in [2.75, 3.05) is 6.61 Å². The number of thiophene rings is 1. The number of carbonyl (C=O) groups excluding carboxylic acids is 1. The minimum atomic E-state index is -0.609. The third-order valence-corrected chi connectivity index (χ3v) is 6.71. The number of ketones is 1. The zero-order valence-corrected chi connectivity index (χ0v) is 18.2. The van der Waals surface area contributed by atoms with Crippen molar-refractivity contribution in [3.8, 4) is 0 Å². The number of benzene rings is 1. The summed E-state index contributed by atoms with van der Waals surface area (Å²) >= 11 is 7.21. The maximum Gasteiger partial charge on any atom is 0.332 e. The number of carbonyl (C=O) groups is 1. The summed E-state index contributed by atoms with van der Waals surface area (Å²) in [5.74, 6) is -0.271. The van der Waals surface area contributed by atoms with Crippen molar-refractivity contribution in [2.24, 2.45) is 0 Å². The molecule has 158 valence electrons. The van der Waals surface area contributed by atoms with Crippen LogP contribution in [0.15, 0.2) is 33.9 Å². The molecule has 4 rings (SSSR count). The van der Waals surface area contributed by atoms with Crippen LogP contribution in [0.5, 0.6) is 0 Å². The summed E-state index contributed by atoms with van der Waals surface area (Å²) in [5.41, 5.74) is -0.201. The molecule has 0 atom stereocenters. The lowest BCUT2D eigenvalue weighted by Gasteiger charge is -2.29. The van der Waals surface area contributed by atoms with Crippen molar-refractivity contribution in [3.05, 3.63) is 66.1 Å².